The third-order valence-corrected chi connectivity index (χ3v) is 5.92. The largest absolute Gasteiger partial charge is 0.496 e. The van der Waals surface area contributed by atoms with Crippen LogP contribution in [0.2, 0.25) is 0 Å². The number of ether oxygens (including phenoxy) is 2. The summed E-state index contributed by atoms with van der Waals surface area (Å²) < 4.78 is 11.2. The lowest BCUT2D eigenvalue weighted by Crippen LogP contribution is -2.45. The number of methoxy groups -OCH3 is 1. The Labute approximate surface area is 197 Å². The van der Waals surface area contributed by atoms with Crippen molar-refractivity contribution in [3.05, 3.63) is 65.2 Å². The Hall–Kier alpha value is -2.86. The van der Waals surface area contributed by atoms with Gasteiger partial charge in [0.1, 0.15) is 11.8 Å². The normalized spacial score (nSPS) is 16.5. The Kier molecular flexibility index (Phi) is 8.89. The van der Waals surface area contributed by atoms with Gasteiger partial charge < -0.3 is 19.7 Å². The molecule has 0 spiro atoms. The molecule has 6 nitrogen and oxygen atoms in total. The van der Waals surface area contributed by atoms with E-state index in [2.05, 4.69) is 5.32 Å². The number of nitrogens with zero attached hydrogens (tertiary/aromatic N) is 1. The van der Waals surface area contributed by atoms with Gasteiger partial charge in [-0.1, -0.05) is 61.9 Å². The van der Waals surface area contributed by atoms with E-state index < -0.39 is 6.04 Å². The first-order valence-electron chi connectivity index (χ1n) is 11.8. The van der Waals surface area contributed by atoms with Crippen LogP contribution in [0.5, 0.6) is 5.75 Å². The maximum Gasteiger partial charge on any atom is 0.247 e. The molecule has 1 N–H and O–H groups in total. The van der Waals surface area contributed by atoms with E-state index in [1.54, 1.807) is 12.0 Å². The first-order chi connectivity index (χ1) is 15.9. The molecule has 33 heavy (non-hydrogen) atoms. The molecule has 0 aromatic heterocycles. The average molecular weight is 453 g/mol. The van der Waals surface area contributed by atoms with Crippen molar-refractivity contribution in [1.29, 1.82) is 0 Å². The topological polar surface area (TPSA) is 67.9 Å². The lowest BCUT2D eigenvalue weighted by Gasteiger charge is -2.33. The highest BCUT2D eigenvalue weighted by atomic mass is 16.5. The molecule has 6 heteroatoms. The number of benzene rings is 2. The minimum Gasteiger partial charge on any atom is -0.496 e. The molecule has 0 saturated carbocycles. The molecule has 1 heterocycles. The van der Waals surface area contributed by atoms with Gasteiger partial charge in [-0.15, -0.1) is 0 Å². The lowest BCUT2D eigenvalue weighted by atomic mass is 9.99. The number of carbonyl (C=O) groups is 2. The van der Waals surface area contributed by atoms with Gasteiger partial charge in [0.05, 0.1) is 19.8 Å². The van der Waals surface area contributed by atoms with Crippen molar-refractivity contribution < 1.29 is 19.1 Å². The molecule has 2 amide bonds. The quantitative estimate of drug-likeness (QED) is 0.580. The van der Waals surface area contributed by atoms with Gasteiger partial charge in [0, 0.05) is 25.1 Å². The van der Waals surface area contributed by atoms with E-state index in [4.69, 9.17) is 9.47 Å². The Balaban J connectivity index is 1.96. The highest BCUT2D eigenvalue weighted by molar-refractivity contribution is 5.89. The summed E-state index contributed by atoms with van der Waals surface area (Å²) in [7, 11) is 1.62. The van der Waals surface area contributed by atoms with E-state index in [9.17, 15) is 9.59 Å². The summed E-state index contributed by atoms with van der Waals surface area (Å²) in [4.78, 5) is 28.7. The third-order valence-electron chi connectivity index (χ3n) is 5.92. The second kappa shape index (κ2) is 11.8. The van der Waals surface area contributed by atoms with Crippen molar-refractivity contribution in [2.45, 2.75) is 58.7 Å². The summed E-state index contributed by atoms with van der Waals surface area (Å²) in [6, 6.07) is 14.7. The van der Waals surface area contributed by atoms with Gasteiger partial charge in [-0.05, 0) is 37.3 Å². The van der Waals surface area contributed by atoms with Gasteiger partial charge in [-0.25, -0.2) is 0 Å². The van der Waals surface area contributed by atoms with Gasteiger partial charge in [-0.2, -0.15) is 0 Å². The zero-order valence-corrected chi connectivity index (χ0v) is 20.2. The molecule has 2 aromatic rings. The van der Waals surface area contributed by atoms with Crippen LogP contribution in [0.15, 0.2) is 48.5 Å². The Bertz CT molecular complexity index is 920. The van der Waals surface area contributed by atoms with E-state index in [-0.39, 0.29) is 30.4 Å². The van der Waals surface area contributed by atoms with Crippen molar-refractivity contribution in [2.75, 3.05) is 20.3 Å². The van der Waals surface area contributed by atoms with Gasteiger partial charge in [0.2, 0.25) is 11.8 Å². The summed E-state index contributed by atoms with van der Waals surface area (Å²) >= 11 is 0. The number of para-hydroxylation sites is 1. The molecule has 1 aliphatic heterocycles. The molecule has 0 aliphatic carbocycles. The van der Waals surface area contributed by atoms with Crippen molar-refractivity contribution in [3.8, 4) is 5.75 Å². The number of rotatable bonds is 10. The average Bonchev–Trinajstić information content (AvgIpc) is 3.32. The van der Waals surface area contributed by atoms with Crippen LogP contribution in [-0.4, -0.2) is 43.1 Å². The molecular formula is C27H36N2O4. The van der Waals surface area contributed by atoms with Crippen LogP contribution < -0.4 is 10.1 Å². The molecular weight excluding hydrogens is 416 g/mol. The summed E-state index contributed by atoms with van der Waals surface area (Å²) in [5, 5.41) is 3.05. The number of amides is 2. The minimum atomic E-state index is -0.747. The van der Waals surface area contributed by atoms with Crippen LogP contribution in [0, 0.1) is 12.8 Å². The predicted octanol–water partition coefficient (Wildman–Crippen LogP) is 4.41. The van der Waals surface area contributed by atoms with Crippen LogP contribution in [0.25, 0.3) is 0 Å². The van der Waals surface area contributed by atoms with E-state index >= 15 is 0 Å². The molecule has 0 unspecified atom stereocenters. The number of hydrogen-bond donors (Lipinski definition) is 1. The zero-order valence-electron chi connectivity index (χ0n) is 20.2. The number of hydrogen-bond acceptors (Lipinski definition) is 4. The summed E-state index contributed by atoms with van der Waals surface area (Å²) in [6.45, 7) is 7.49. The Morgan fingerprint density at radius 3 is 2.52 bits per heavy atom. The van der Waals surface area contributed by atoms with Crippen molar-refractivity contribution in [1.82, 2.24) is 10.2 Å². The second-order valence-electron chi connectivity index (χ2n) is 9.12. The standard InChI is InChI=1S/C27H36N2O4/c1-19(2)16-25(30)29(18-22-8-5-6-10-24(22)32-4)26(21-13-11-20(3)12-14-21)27(31)28-17-23-9-7-15-33-23/h5-6,8,10-14,19,23,26H,7,9,15-18H2,1-4H3,(H,28,31)/t23-,26-/m1/s1. The smallest absolute Gasteiger partial charge is 0.247 e. The second-order valence-corrected chi connectivity index (χ2v) is 9.12. The van der Waals surface area contributed by atoms with Crippen molar-refractivity contribution in [3.63, 3.8) is 0 Å². The third kappa shape index (κ3) is 6.81. The molecule has 1 fully saturated rings. The molecule has 1 saturated heterocycles. The van der Waals surface area contributed by atoms with E-state index in [0.717, 1.165) is 36.1 Å². The lowest BCUT2D eigenvalue weighted by molar-refractivity contribution is -0.142. The Morgan fingerprint density at radius 1 is 1.15 bits per heavy atom. The number of nitrogens with one attached hydrogen (secondary N) is 1. The van der Waals surface area contributed by atoms with Crippen LogP contribution in [0.3, 0.4) is 0 Å². The molecule has 178 valence electrons. The van der Waals surface area contributed by atoms with Crippen molar-refractivity contribution >= 4 is 11.8 Å². The summed E-state index contributed by atoms with van der Waals surface area (Å²) in [6.07, 6.45) is 2.33. The monoisotopic (exact) mass is 452 g/mol. The highest BCUT2D eigenvalue weighted by Gasteiger charge is 2.33. The van der Waals surface area contributed by atoms with Gasteiger partial charge >= 0.3 is 0 Å². The first-order valence-corrected chi connectivity index (χ1v) is 11.8. The van der Waals surface area contributed by atoms with Gasteiger partial charge in [-0.3, -0.25) is 9.59 Å². The van der Waals surface area contributed by atoms with Crippen LogP contribution in [0.4, 0.5) is 0 Å². The van der Waals surface area contributed by atoms with E-state index in [1.165, 1.54) is 0 Å². The van der Waals surface area contributed by atoms with Crippen LogP contribution >= 0.6 is 0 Å². The number of aryl methyl sites for hydroxylation is 1. The molecule has 0 bridgehead atoms. The fourth-order valence-electron chi connectivity index (χ4n) is 4.15. The fraction of sp³-hybridized carbons (Fsp3) is 0.481. The maximum absolute atomic E-state index is 13.6. The zero-order chi connectivity index (χ0) is 23.8. The Morgan fingerprint density at radius 2 is 1.88 bits per heavy atom. The van der Waals surface area contributed by atoms with Crippen LogP contribution in [0.1, 0.15) is 55.8 Å². The van der Waals surface area contributed by atoms with E-state index in [1.807, 2.05) is 69.3 Å². The highest BCUT2D eigenvalue weighted by Crippen LogP contribution is 2.29. The maximum atomic E-state index is 13.6. The molecule has 1 aliphatic rings. The van der Waals surface area contributed by atoms with E-state index in [0.29, 0.717) is 18.7 Å². The SMILES string of the molecule is COc1ccccc1CN(C(=O)CC(C)C)[C@@H](C(=O)NC[C@H]1CCCO1)c1ccc(C)cc1. The summed E-state index contributed by atoms with van der Waals surface area (Å²) in [5.41, 5.74) is 2.75. The number of carbonyl (C=O) groups excluding carboxylic acids is 2. The van der Waals surface area contributed by atoms with Gasteiger partial charge in [0.15, 0.2) is 0 Å². The molecule has 3 rings (SSSR count). The first kappa shape index (κ1) is 24.8. The summed E-state index contributed by atoms with van der Waals surface area (Å²) in [5.74, 6) is 0.614. The fourth-order valence-corrected chi connectivity index (χ4v) is 4.15. The predicted molar refractivity (Wildman–Crippen MR) is 129 cm³/mol. The molecule has 2 atom stereocenters. The molecule has 2 aromatic carbocycles. The van der Waals surface area contributed by atoms with Crippen molar-refractivity contribution in [2.24, 2.45) is 5.92 Å². The van der Waals surface area contributed by atoms with Crippen LogP contribution in [-0.2, 0) is 20.9 Å². The van der Waals surface area contributed by atoms with Gasteiger partial charge in [0.25, 0.3) is 0 Å². The molecule has 0 radical (unpaired) electrons. The minimum absolute atomic E-state index is 0.0293.